The molecule has 0 unspecified atom stereocenters. The first-order valence-corrected chi connectivity index (χ1v) is 5.36. The Balaban J connectivity index is 2.50. The standard InChI is InChI=1S/C12H19NO2/c1-8(2)5-6-13-12(14)11-7-9(3)15-10(11)4/h7-8H,5-6H2,1-4H3,(H,13,14). The van der Waals surface area contributed by atoms with Gasteiger partial charge >= 0.3 is 0 Å². The summed E-state index contributed by atoms with van der Waals surface area (Å²) in [6.45, 7) is 8.65. The van der Waals surface area contributed by atoms with Gasteiger partial charge in [-0.2, -0.15) is 0 Å². The lowest BCUT2D eigenvalue weighted by Gasteiger charge is -2.06. The molecular weight excluding hydrogens is 190 g/mol. The van der Waals surface area contributed by atoms with Gasteiger partial charge in [0.2, 0.25) is 0 Å². The Morgan fingerprint density at radius 3 is 2.60 bits per heavy atom. The Labute approximate surface area is 90.9 Å². The fourth-order valence-electron chi connectivity index (χ4n) is 1.43. The second kappa shape index (κ2) is 5.01. The molecule has 1 amide bonds. The summed E-state index contributed by atoms with van der Waals surface area (Å²) in [4.78, 5) is 11.7. The van der Waals surface area contributed by atoms with Crippen molar-refractivity contribution >= 4 is 5.91 Å². The number of hydrogen-bond acceptors (Lipinski definition) is 2. The molecule has 1 aromatic heterocycles. The maximum Gasteiger partial charge on any atom is 0.254 e. The molecule has 0 saturated carbocycles. The first-order chi connectivity index (χ1) is 7.00. The van der Waals surface area contributed by atoms with Crippen LogP contribution in [0.4, 0.5) is 0 Å². The fourth-order valence-corrected chi connectivity index (χ4v) is 1.43. The Hall–Kier alpha value is -1.25. The van der Waals surface area contributed by atoms with Crippen LogP contribution in [0.25, 0.3) is 0 Å². The number of aryl methyl sites for hydroxylation is 2. The van der Waals surface area contributed by atoms with Crippen LogP contribution in [0.1, 0.15) is 42.1 Å². The quantitative estimate of drug-likeness (QED) is 0.828. The summed E-state index contributed by atoms with van der Waals surface area (Å²) >= 11 is 0. The van der Waals surface area contributed by atoms with E-state index in [1.807, 2.05) is 13.8 Å². The summed E-state index contributed by atoms with van der Waals surface area (Å²) in [6.07, 6.45) is 1.00. The highest BCUT2D eigenvalue weighted by molar-refractivity contribution is 5.95. The molecule has 0 saturated heterocycles. The maximum absolute atomic E-state index is 11.7. The zero-order chi connectivity index (χ0) is 11.4. The van der Waals surface area contributed by atoms with Crippen molar-refractivity contribution in [3.63, 3.8) is 0 Å². The van der Waals surface area contributed by atoms with E-state index in [1.165, 1.54) is 0 Å². The highest BCUT2D eigenvalue weighted by Gasteiger charge is 2.12. The number of hydrogen-bond donors (Lipinski definition) is 1. The lowest BCUT2D eigenvalue weighted by Crippen LogP contribution is -2.25. The van der Waals surface area contributed by atoms with Gasteiger partial charge in [-0.25, -0.2) is 0 Å². The van der Waals surface area contributed by atoms with Crippen molar-refractivity contribution in [2.24, 2.45) is 5.92 Å². The summed E-state index contributed by atoms with van der Waals surface area (Å²) in [5.74, 6) is 2.04. The number of carbonyl (C=O) groups excluding carboxylic acids is 1. The first kappa shape index (κ1) is 11.8. The van der Waals surface area contributed by atoms with E-state index in [4.69, 9.17) is 4.42 Å². The fraction of sp³-hybridized carbons (Fsp3) is 0.583. The Kier molecular flexibility index (Phi) is 3.95. The van der Waals surface area contributed by atoms with E-state index in [1.54, 1.807) is 6.07 Å². The van der Waals surface area contributed by atoms with Crippen molar-refractivity contribution in [1.82, 2.24) is 5.32 Å². The first-order valence-electron chi connectivity index (χ1n) is 5.36. The number of furan rings is 1. The SMILES string of the molecule is Cc1cc(C(=O)NCCC(C)C)c(C)o1. The van der Waals surface area contributed by atoms with Crippen molar-refractivity contribution in [3.8, 4) is 0 Å². The number of nitrogens with one attached hydrogen (secondary N) is 1. The minimum atomic E-state index is -0.0370. The molecule has 0 aromatic carbocycles. The van der Waals surface area contributed by atoms with Gasteiger partial charge in [0.15, 0.2) is 0 Å². The van der Waals surface area contributed by atoms with Crippen LogP contribution in [0.2, 0.25) is 0 Å². The van der Waals surface area contributed by atoms with E-state index in [0.717, 1.165) is 18.7 Å². The number of amides is 1. The van der Waals surface area contributed by atoms with E-state index in [2.05, 4.69) is 19.2 Å². The third-order valence-electron chi connectivity index (χ3n) is 2.29. The molecule has 0 radical (unpaired) electrons. The molecule has 3 nitrogen and oxygen atoms in total. The van der Waals surface area contributed by atoms with Crippen LogP contribution in [-0.4, -0.2) is 12.5 Å². The van der Waals surface area contributed by atoms with Gasteiger partial charge in [-0.3, -0.25) is 4.79 Å². The van der Waals surface area contributed by atoms with Crippen LogP contribution in [0, 0.1) is 19.8 Å². The molecule has 0 spiro atoms. The van der Waals surface area contributed by atoms with E-state index < -0.39 is 0 Å². The van der Waals surface area contributed by atoms with Crippen molar-refractivity contribution < 1.29 is 9.21 Å². The molecule has 0 aliphatic rings. The zero-order valence-corrected chi connectivity index (χ0v) is 9.89. The van der Waals surface area contributed by atoms with Gasteiger partial charge in [0.1, 0.15) is 11.5 Å². The Morgan fingerprint density at radius 1 is 1.47 bits per heavy atom. The van der Waals surface area contributed by atoms with Gasteiger partial charge in [0.25, 0.3) is 5.91 Å². The average molecular weight is 209 g/mol. The minimum absolute atomic E-state index is 0.0370. The molecule has 0 atom stereocenters. The molecule has 0 bridgehead atoms. The number of carbonyl (C=O) groups is 1. The second-order valence-corrected chi connectivity index (χ2v) is 4.27. The van der Waals surface area contributed by atoms with Crippen LogP contribution in [0.3, 0.4) is 0 Å². The van der Waals surface area contributed by atoms with Crippen LogP contribution in [0.5, 0.6) is 0 Å². The lowest BCUT2D eigenvalue weighted by molar-refractivity contribution is 0.0950. The summed E-state index contributed by atoms with van der Waals surface area (Å²) < 4.78 is 5.30. The molecule has 15 heavy (non-hydrogen) atoms. The molecule has 0 fully saturated rings. The molecular formula is C12H19NO2. The molecule has 84 valence electrons. The van der Waals surface area contributed by atoms with Crippen molar-refractivity contribution in [1.29, 1.82) is 0 Å². The smallest absolute Gasteiger partial charge is 0.254 e. The van der Waals surface area contributed by atoms with Gasteiger partial charge in [0, 0.05) is 6.54 Å². The predicted octanol–water partition coefficient (Wildman–Crippen LogP) is 2.67. The van der Waals surface area contributed by atoms with Gasteiger partial charge in [0.05, 0.1) is 5.56 Å². The topological polar surface area (TPSA) is 42.2 Å². The van der Waals surface area contributed by atoms with Crippen LogP contribution in [-0.2, 0) is 0 Å². The van der Waals surface area contributed by atoms with Crippen LogP contribution >= 0.6 is 0 Å². The highest BCUT2D eigenvalue weighted by Crippen LogP contribution is 2.13. The van der Waals surface area contributed by atoms with Gasteiger partial charge < -0.3 is 9.73 Å². The molecule has 0 aliphatic carbocycles. The molecule has 3 heteroatoms. The summed E-state index contributed by atoms with van der Waals surface area (Å²) in [6, 6.07) is 1.78. The molecule has 1 N–H and O–H groups in total. The van der Waals surface area contributed by atoms with Crippen LogP contribution in [0.15, 0.2) is 10.5 Å². The van der Waals surface area contributed by atoms with Gasteiger partial charge in [-0.1, -0.05) is 13.8 Å². The van der Waals surface area contributed by atoms with Crippen molar-refractivity contribution in [2.75, 3.05) is 6.54 Å². The largest absolute Gasteiger partial charge is 0.466 e. The Bertz CT molecular complexity index is 339. The average Bonchev–Trinajstić information content (AvgIpc) is 2.44. The summed E-state index contributed by atoms with van der Waals surface area (Å²) in [5.41, 5.74) is 0.649. The molecule has 1 heterocycles. The molecule has 1 aromatic rings. The number of rotatable bonds is 4. The predicted molar refractivity (Wildman–Crippen MR) is 60.0 cm³/mol. The molecule has 1 rings (SSSR count). The van der Waals surface area contributed by atoms with E-state index in [-0.39, 0.29) is 5.91 Å². The lowest BCUT2D eigenvalue weighted by atomic mass is 10.1. The zero-order valence-electron chi connectivity index (χ0n) is 9.89. The summed E-state index contributed by atoms with van der Waals surface area (Å²) in [7, 11) is 0. The summed E-state index contributed by atoms with van der Waals surface area (Å²) in [5, 5.41) is 2.89. The van der Waals surface area contributed by atoms with Crippen molar-refractivity contribution in [2.45, 2.75) is 34.1 Å². The van der Waals surface area contributed by atoms with Crippen LogP contribution < -0.4 is 5.32 Å². The van der Waals surface area contributed by atoms with E-state index >= 15 is 0 Å². The third kappa shape index (κ3) is 3.42. The second-order valence-electron chi connectivity index (χ2n) is 4.27. The molecule has 0 aliphatic heterocycles. The monoisotopic (exact) mass is 209 g/mol. The van der Waals surface area contributed by atoms with E-state index in [9.17, 15) is 4.79 Å². The van der Waals surface area contributed by atoms with Crippen molar-refractivity contribution in [3.05, 3.63) is 23.2 Å². The van der Waals surface area contributed by atoms with E-state index in [0.29, 0.717) is 17.2 Å². The van der Waals surface area contributed by atoms with Gasteiger partial charge in [-0.05, 0) is 32.3 Å². The highest BCUT2D eigenvalue weighted by atomic mass is 16.3. The van der Waals surface area contributed by atoms with Gasteiger partial charge in [-0.15, -0.1) is 0 Å². The minimum Gasteiger partial charge on any atom is -0.466 e. The maximum atomic E-state index is 11.7. The normalized spacial score (nSPS) is 10.7. The third-order valence-corrected chi connectivity index (χ3v) is 2.29. The Morgan fingerprint density at radius 2 is 2.13 bits per heavy atom.